The van der Waals surface area contributed by atoms with Gasteiger partial charge in [0.15, 0.2) is 11.4 Å². The normalized spacial score (nSPS) is 20.7. The molecule has 0 bridgehead atoms. The van der Waals surface area contributed by atoms with Crippen molar-refractivity contribution in [3.63, 3.8) is 0 Å². The molecule has 1 heterocycles. The Labute approximate surface area is 104 Å². The molecule has 0 fully saturated rings. The van der Waals surface area contributed by atoms with Crippen LogP contribution in [0, 0.1) is 5.21 Å². The quantitative estimate of drug-likeness (QED) is 0.459. The Bertz CT molecular complexity index is 634. The Morgan fingerprint density at radius 3 is 2.50 bits per heavy atom. The Balaban J connectivity index is 2.11. The molecule has 0 amide bonds. The minimum atomic E-state index is -0.852. The summed E-state index contributed by atoms with van der Waals surface area (Å²) in [5.41, 5.74) is 2.45. The van der Waals surface area contributed by atoms with Crippen molar-refractivity contribution in [3.05, 3.63) is 64.9 Å². The van der Waals surface area contributed by atoms with E-state index in [1.807, 2.05) is 18.2 Å². The number of hydrogen-bond donors (Lipinski definition) is 0. The van der Waals surface area contributed by atoms with Crippen LogP contribution >= 0.6 is 0 Å². The molecule has 0 aliphatic carbocycles. The highest BCUT2D eigenvalue weighted by Crippen LogP contribution is 2.39. The van der Waals surface area contributed by atoms with Gasteiger partial charge in [0.1, 0.15) is 6.29 Å². The number of para-hydroxylation sites is 1. The van der Waals surface area contributed by atoms with Gasteiger partial charge in [-0.3, -0.25) is 4.79 Å². The van der Waals surface area contributed by atoms with Gasteiger partial charge in [-0.15, -0.1) is 0 Å². The van der Waals surface area contributed by atoms with Crippen molar-refractivity contribution in [1.29, 1.82) is 0 Å². The number of benzene rings is 2. The van der Waals surface area contributed by atoms with E-state index in [0.717, 1.165) is 11.8 Å². The first kappa shape index (κ1) is 10.8. The minimum absolute atomic E-state index is 0.488. The summed E-state index contributed by atoms with van der Waals surface area (Å²) in [6, 6.07) is 13.8. The molecule has 1 aliphatic heterocycles. The van der Waals surface area contributed by atoms with Crippen LogP contribution in [0.5, 0.6) is 0 Å². The highest BCUT2D eigenvalue weighted by molar-refractivity contribution is 5.93. The molecule has 0 radical (unpaired) electrons. The van der Waals surface area contributed by atoms with Gasteiger partial charge in [0, 0.05) is 23.8 Å². The maximum Gasteiger partial charge on any atom is 0.173 e. The number of aldehydes is 1. The van der Waals surface area contributed by atoms with Gasteiger partial charge in [0.2, 0.25) is 0 Å². The summed E-state index contributed by atoms with van der Waals surface area (Å²) < 4.78 is -0.852. The molecule has 0 saturated carbocycles. The van der Waals surface area contributed by atoms with Gasteiger partial charge in [0.25, 0.3) is 0 Å². The maximum atomic E-state index is 12.8. The van der Waals surface area contributed by atoms with Gasteiger partial charge in [-0.1, -0.05) is 17.2 Å². The first-order valence-corrected chi connectivity index (χ1v) is 5.55. The zero-order valence-corrected chi connectivity index (χ0v) is 9.48. The molecular weight excluding hydrogens is 228 g/mol. The van der Waals surface area contributed by atoms with E-state index in [-0.39, 0.29) is 0 Å². The molecule has 0 N–H and O–H groups in total. The van der Waals surface area contributed by atoms with Crippen molar-refractivity contribution in [2.45, 2.75) is 0 Å². The summed E-state index contributed by atoms with van der Waals surface area (Å²) in [6.45, 7) is 0. The summed E-state index contributed by atoms with van der Waals surface area (Å²) >= 11 is 0. The number of hydrogen-bond acceptors (Lipinski definition) is 3. The van der Waals surface area contributed by atoms with Gasteiger partial charge in [0.05, 0.1) is 11.8 Å². The third-order valence-electron chi connectivity index (χ3n) is 3.00. The van der Waals surface area contributed by atoms with Crippen molar-refractivity contribution in [3.8, 4) is 0 Å². The summed E-state index contributed by atoms with van der Waals surface area (Å²) in [5, 5.41) is 16.8. The van der Waals surface area contributed by atoms with E-state index in [9.17, 15) is 10.0 Å². The molecule has 0 saturated heterocycles. The molecule has 4 heteroatoms. The lowest BCUT2D eigenvalue weighted by atomic mass is 10.1. The lowest BCUT2D eigenvalue weighted by Crippen LogP contribution is -2.28. The van der Waals surface area contributed by atoms with Crippen LogP contribution in [0.2, 0.25) is 0 Å². The van der Waals surface area contributed by atoms with E-state index in [1.165, 1.54) is 0 Å². The van der Waals surface area contributed by atoms with Crippen LogP contribution in [0.25, 0.3) is 0 Å². The predicted molar refractivity (Wildman–Crippen MR) is 70.7 cm³/mol. The zero-order chi connectivity index (χ0) is 12.6. The summed E-state index contributed by atoms with van der Waals surface area (Å²) in [5.74, 6) is 0. The third-order valence-corrected chi connectivity index (χ3v) is 3.00. The van der Waals surface area contributed by atoms with Crippen molar-refractivity contribution >= 4 is 23.9 Å². The van der Waals surface area contributed by atoms with Gasteiger partial charge in [-0.05, 0) is 18.2 Å². The molecule has 88 valence electrons. The summed E-state index contributed by atoms with van der Waals surface area (Å²) in [4.78, 5) is 10.6. The first-order valence-electron chi connectivity index (χ1n) is 5.55. The van der Waals surface area contributed by atoms with E-state index in [2.05, 4.69) is 5.10 Å². The topological polar surface area (TPSA) is 52.5 Å². The van der Waals surface area contributed by atoms with Gasteiger partial charge in [-0.2, -0.15) is 4.76 Å². The number of quaternary nitrogens is 1. The molecule has 1 unspecified atom stereocenters. The van der Waals surface area contributed by atoms with Crippen molar-refractivity contribution in [2.24, 2.45) is 5.10 Å². The molecule has 3 rings (SSSR count). The first-order chi connectivity index (χ1) is 8.74. The number of carbonyl (C=O) groups is 1. The maximum absolute atomic E-state index is 12.8. The SMILES string of the molecule is O=Cc1ccc([N+]2([O-])N=Cc3ccccc32)cc1. The van der Waals surface area contributed by atoms with Crippen molar-refractivity contribution < 1.29 is 4.79 Å². The van der Waals surface area contributed by atoms with Gasteiger partial charge < -0.3 is 5.21 Å². The Hall–Kier alpha value is -2.30. The van der Waals surface area contributed by atoms with Crippen LogP contribution in [0.3, 0.4) is 0 Å². The van der Waals surface area contributed by atoms with Crippen LogP contribution < -0.4 is 4.76 Å². The standard InChI is InChI=1S/C14H10N2O2/c17-10-11-5-7-13(8-6-11)16(18)14-4-2-1-3-12(14)9-15-16/h1-10H. The molecule has 1 atom stereocenters. The van der Waals surface area contributed by atoms with Crippen LogP contribution in [0.4, 0.5) is 11.4 Å². The minimum Gasteiger partial charge on any atom is -0.594 e. The predicted octanol–water partition coefficient (Wildman–Crippen LogP) is 2.98. The largest absolute Gasteiger partial charge is 0.594 e. The van der Waals surface area contributed by atoms with Crippen LogP contribution in [-0.4, -0.2) is 12.5 Å². The highest BCUT2D eigenvalue weighted by atomic mass is 16.6. The second-order valence-electron chi connectivity index (χ2n) is 4.09. The summed E-state index contributed by atoms with van der Waals surface area (Å²) in [7, 11) is 0. The average Bonchev–Trinajstić information content (AvgIpc) is 2.78. The van der Waals surface area contributed by atoms with Gasteiger partial charge >= 0.3 is 0 Å². The lowest BCUT2D eigenvalue weighted by Gasteiger charge is -2.31. The third kappa shape index (κ3) is 1.48. The molecule has 4 nitrogen and oxygen atoms in total. The fraction of sp³-hybridized carbons (Fsp3) is 0. The molecule has 18 heavy (non-hydrogen) atoms. The van der Waals surface area contributed by atoms with E-state index in [0.29, 0.717) is 16.9 Å². The van der Waals surface area contributed by atoms with Crippen LogP contribution in [0.1, 0.15) is 15.9 Å². The molecular formula is C14H10N2O2. The van der Waals surface area contributed by atoms with E-state index in [1.54, 1.807) is 36.5 Å². The van der Waals surface area contributed by atoms with Crippen molar-refractivity contribution in [1.82, 2.24) is 4.76 Å². The Morgan fingerprint density at radius 1 is 1.06 bits per heavy atom. The van der Waals surface area contributed by atoms with E-state index in [4.69, 9.17) is 0 Å². The average molecular weight is 238 g/mol. The second-order valence-corrected chi connectivity index (χ2v) is 4.09. The number of fused-ring (bicyclic) bond motifs is 1. The fourth-order valence-corrected chi connectivity index (χ4v) is 2.04. The molecule has 0 aromatic heterocycles. The van der Waals surface area contributed by atoms with E-state index < -0.39 is 4.76 Å². The Kier molecular flexibility index (Phi) is 2.33. The number of carbonyl (C=O) groups excluding carboxylic acids is 1. The van der Waals surface area contributed by atoms with Crippen molar-refractivity contribution in [2.75, 3.05) is 0 Å². The number of nitrogens with zero attached hydrogens (tertiary/aromatic N) is 2. The number of rotatable bonds is 2. The fourth-order valence-electron chi connectivity index (χ4n) is 2.04. The Morgan fingerprint density at radius 2 is 1.78 bits per heavy atom. The second kappa shape index (κ2) is 3.87. The van der Waals surface area contributed by atoms with Crippen LogP contribution in [0.15, 0.2) is 53.6 Å². The van der Waals surface area contributed by atoms with Gasteiger partial charge in [-0.25, -0.2) is 0 Å². The smallest absolute Gasteiger partial charge is 0.173 e. The zero-order valence-electron chi connectivity index (χ0n) is 9.48. The van der Waals surface area contributed by atoms with E-state index >= 15 is 0 Å². The summed E-state index contributed by atoms with van der Waals surface area (Å²) in [6.07, 6.45) is 2.33. The molecule has 2 aromatic rings. The molecule has 2 aromatic carbocycles. The molecule has 1 aliphatic rings. The lowest BCUT2D eigenvalue weighted by molar-refractivity contribution is 0.112. The highest BCUT2D eigenvalue weighted by Gasteiger charge is 2.30. The molecule has 0 spiro atoms. The van der Waals surface area contributed by atoms with Crippen LogP contribution in [-0.2, 0) is 0 Å². The monoisotopic (exact) mass is 238 g/mol.